The third-order valence-electron chi connectivity index (χ3n) is 3.46. The zero-order valence-electron chi connectivity index (χ0n) is 11.7. The molecule has 0 bridgehead atoms. The molecule has 1 aliphatic rings. The average molecular weight is 280 g/mol. The van der Waals surface area contributed by atoms with E-state index in [-0.39, 0.29) is 18.0 Å². The number of hydrogen-bond acceptors (Lipinski definition) is 5. The zero-order valence-corrected chi connectivity index (χ0v) is 11.7. The number of carbonyl (C=O) groups excluding carboxylic acids is 2. The Bertz CT molecular complexity index is 460. The van der Waals surface area contributed by atoms with Crippen molar-refractivity contribution in [2.24, 2.45) is 0 Å². The van der Waals surface area contributed by atoms with Gasteiger partial charge in [0.25, 0.3) is 0 Å². The summed E-state index contributed by atoms with van der Waals surface area (Å²) in [6.45, 7) is 2.40. The molecule has 0 radical (unpaired) electrons. The van der Waals surface area contributed by atoms with Gasteiger partial charge in [-0.05, 0) is 19.8 Å². The second-order valence-electron chi connectivity index (χ2n) is 5.01. The normalized spacial score (nSPS) is 23.3. The summed E-state index contributed by atoms with van der Waals surface area (Å²) in [4.78, 5) is 27.3. The van der Waals surface area contributed by atoms with E-state index in [1.807, 2.05) is 10.8 Å². The van der Waals surface area contributed by atoms with Crippen molar-refractivity contribution >= 4 is 11.9 Å². The fraction of sp³-hybridized carbons (Fsp3) is 0.615. The summed E-state index contributed by atoms with van der Waals surface area (Å²) < 4.78 is 6.56. The van der Waals surface area contributed by atoms with Crippen molar-refractivity contribution in [2.45, 2.75) is 44.4 Å². The summed E-state index contributed by atoms with van der Waals surface area (Å²) >= 11 is 0. The standard InChI is InChI=1S/C13H20N4O3/c1-9(13(19)20-2)15-12(18)11-4-3-10(16-11)7-17-6-5-14-8-17/h5-6,8-11,16H,3-4,7H2,1-2H3,(H,15,18). The number of nitrogens with zero attached hydrogens (tertiary/aromatic N) is 2. The highest BCUT2D eigenvalue weighted by molar-refractivity contribution is 5.87. The first-order valence-electron chi connectivity index (χ1n) is 6.70. The van der Waals surface area contributed by atoms with Crippen LogP contribution in [0.2, 0.25) is 0 Å². The van der Waals surface area contributed by atoms with Crippen LogP contribution in [0.15, 0.2) is 18.7 Å². The summed E-state index contributed by atoms with van der Waals surface area (Å²) in [6, 6.07) is -0.633. The first-order chi connectivity index (χ1) is 9.60. The Morgan fingerprint density at radius 1 is 1.55 bits per heavy atom. The van der Waals surface area contributed by atoms with Crippen molar-refractivity contribution in [1.82, 2.24) is 20.2 Å². The largest absolute Gasteiger partial charge is 0.467 e. The summed E-state index contributed by atoms with van der Waals surface area (Å²) in [5, 5.41) is 5.94. The zero-order chi connectivity index (χ0) is 14.5. The highest BCUT2D eigenvalue weighted by atomic mass is 16.5. The first kappa shape index (κ1) is 14.5. The SMILES string of the molecule is COC(=O)C(C)NC(=O)C1CCC(Cn2ccnc2)N1. The highest BCUT2D eigenvalue weighted by Gasteiger charge is 2.30. The minimum atomic E-state index is -0.623. The van der Waals surface area contributed by atoms with E-state index in [2.05, 4.69) is 20.4 Å². The van der Waals surface area contributed by atoms with Gasteiger partial charge in [0.2, 0.25) is 5.91 Å². The Hall–Kier alpha value is -1.89. The van der Waals surface area contributed by atoms with E-state index in [1.54, 1.807) is 19.4 Å². The molecule has 0 saturated carbocycles. The topological polar surface area (TPSA) is 85.2 Å². The molecular weight excluding hydrogens is 260 g/mol. The van der Waals surface area contributed by atoms with Crippen LogP contribution in [-0.4, -0.2) is 46.7 Å². The molecule has 0 aromatic carbocycles. The molecule has 1 saturated heterocycles. The van der Waals surface area contributed by atoms with Gasteiger partial charge >= 0.3 is 5.97 Å². The summed E-state index contributed by atoms with van der Waals surface area (Å²) in [7, 11) is 1.31. The minimum absolute atomic E-state index is 0.156. The molecule has 0 spiro atoms. The van der Waals surface area contributed by atoms with Crippen molar-refractivity contribution in [3.63, 3.8) is 0 Å². The molecular formula is C13H20N4O3. The third kappa shape index (κ3) is 3.57. The van der Waals surface area contributed by atoms with Crippen LogP contribution in [0.3, 0.4) is 0 Å². The predicted octanol–water partition coefficient (Wildman–Crippen LogP) is -0.319. The Labute approximate surface area is 117 Å². The minimum Gasteiger partial charge on any atom is -0.467 e. The molecule has 1 fully saturated rings. The Kier molecular flexibility index (Phi) is 4.73. The Morgan fingerprint density at radius 3 is 3.00 bits per heavy atom. The van der Waals surface area contributed by atoms with Crippen molar-refractivity contribution in [3.8, 4) is 0 Å². The number of methoxy groups -OCH3 is 1. The van der Waals surface area contributed by atoms with Gasteiger partial charge in [-0.25, -0.2) is 9.78 Å². The van der Waals surface area contributed by atoms with Crippen LogP contribution in [0.4, 0.5) is 0 Å². The van der Waals surface area contributed by atoms with E-state index in [0.717, 1.165) is 19.4 Å². The predicted molar refractivity (Wildman–Crippen MR) is 71.8 cm³/mol. The molecule has 7 heteroatoms. The first-order valence-corrected chi connectivity index (χ1v) is 6.70. The van der Waals surface area contributed by atoms with Crippen LogP contribution in [0.5, 0.6) is 0 Å². The lowest BCUT2D eigenvalue weighted by Gasteiger charge is -2.17. The molecule has 2 heterocycles. The van der Waals surface area contributed by atoms with Gasteiger partial charge in [-0.2, -0.15) is 0 Å². The second kappa shape index (κ2) is 6.51. The van der Waals surface area contributed by atoms with Gasteiger partial charge in [-0.15, -0.1) is 0 Å². The number of amides is 1. The fourth-order valence-corrected chi connectivity index (χ4v) is 2.37. The lowest BCUT2D eigenvalue weighted by molar-refractivity contribution is -0.144. The number of imidazole rings is 1. The van der Waals surface area contributed by atoms with E-state index >= 15 is 0 Å². The molecule has 1 aliphatic heterocycles. The molecule has 7 nitrogen and oxygen atoms in total. The molecule has 3 atom stereocenters. The fourth-order valence-electron chi connectivity index (χ4n) is 2.37. The van der Waals surface area contributed by atoms with Crippen molar-refractivity contribution in [2.75, 3.05) is 7.11 Å². The van der Waals surface area contributed by atoms with Crippen molar-refractivity contribution in [1.29, 1.82) is 0 Å². The lowest BCUT2D eigenvalue weighted by atomic mass is 10.2. The molecule has 110 valence electrons. The quantitative estimate of drug-likeness (QED) is 0.722. The van der Waals surface area contributed by atoms with Gasteiger partial charge in [0.1, 0.15) is 6.04 Å². The van der Waals surface area contributed by atoms with Gasteiger partial charge in [0.15, 0.2) is 0 Å². The van der Waals surface area contributed by atoms with Crippen molar-refractivity contribution < 1.29 is 14.3 Å². The van der Waals surface area contributed by atoms with Gasteiger partial charge < -0.3 is 19.9 Å². The van der Waals surface area contributed by atoms with Crippen LogP contribution >= 0.6 is 0 Å². The van der Waals surface area contributed by atoms with Crippen LogP contribution < -0.4 is 10.6 Å². The van der Waals surface area contributed by atoms with Gasteiger partial charge in [0, 0.05) is 25.0 Å². The molecule has 0 aliphatic carbocycles. The number of aromatic nitrogens is 2. The van der Waals surface area contributed by atoms with E-state index in [9.17, 15) is 9.59 Å². The maximum atomic E-state index is 12.0. The second-order valence-corrected chi connectivity index (χ2v) is 5.01. The molecule has 1 aromatic rings. The van der Waals surface area contributed by atoms with E-state index in [1.165, 1.54) is 7.11 Å². The Morgan fingerprint density at radius 2 is 2.35 bits per heavy atom. The van der Waals surface area contributed by atoms with E-state index in [0.29, 0.717) is 0 Å². The maximum Gasteiger partial charge on any atom is 0.328 e. The van der Waals surface area contributed by atoms with Gasteiger partial charge in [-0.1, -0.05) is 0 Å². The smallest absolute Gasteiger partial charge is 0.328 e. The van der Waals surface area contributed by atoms with Crippen LogP contribution in [-0.2, 0) is 20.9 Å². The molecule has 1 amide bonds. The van der Waals surface area contributed by atoms with Crippen LogP contribution in [0.25, 0.3) is 0 Å². The van der Waals surface area contributed by atoms with Gasteiger partial charge in [-0.3, -0.25) is 4.79 Å². The highest BCUT2D eigenvalue weighted by Crippen LogP contribution is 2.14. The van der Waals surface area contributed by atoms with Crippen LogP contribution in [0.1, 0.15) is 19.8 Å². The molecule has 20 heavy (non-hydrogen) atoms. The lowest BCUT2D eigenvalue weighted by Crippen LogP contribution is -2.48. The average Bonchev–Trinajstić information content (AvgIpc) is 3.09. The third-order valence-corrected chi connectivity index (χ3v) is 3.46. The van der Waals surface area contributed by atoms with Crippen molar-refractivity contribution in [3.05, 3.63) is 18.7 Å². The maximum absolute atomic E-state index is 12.0. The Balaban J connectivity index is 1.80. The summed E-state index contributed by atoms with van der Waals surface area (Å²) in [5.41, 5.74) is 0. The number of ether oxygens (including phenoxy) is 1. The monoisotopic (exact) mass is 280 g/mol. The van der Waals surface area contributed by atoms with Crippen LogP contribution in [0, 0.1) is 0 Å². The van der Waals surface area contributed by atoms with E-state index in [4.69, 9.17) is 0 Å². The number of nitrogens with one attached hydrogen (secondary N) is 2. The molecule has 2 N–H and O–H groups in total. The summed E-state index contributed by atoms with van der Waals surface area (Å²) in [5.74, 6) is -0.595. The van der Waals surface area contributed by atoms with E-state index < -0.39 is 12.0 Å². The molecule has 3 unspecified atom stereocenters. The number of esters is 1. The number of carbonyl (C=O) groups is 2. The number of rotatable bonds is 5. The summed E-state index contributed by atoms with van der Waals surface area (Å²) in [6.07, 6.45) is 7.07. The molecule has 1 aromatic heterocycles. The van der Waals surface area contributed by atoms with Gasteiger partial charge in [0.05, 0.1) is 19.5 Å². The molecule has 2 rings (SSSR count). The number of hydrogen-bond donors (Lipinski definition) is 2.